The minimum Gasteiger partial charge on any atom is -0.288 e. The van der Waals surface area contributed by atoms with Gasteiger partial charge in [0.15, 0.2) is 0 Å². The lowest BCUT2D eigenvalue weighted by atomic mass is 10.2. The molecule has 0 aliphatic rings. The molecule has 2 heterocycles. The van der Waals surface area contributed by atoms with Crippen LogP contribution < -0.4 is 0 Å². The standard InChI is InChI=1S/C10H6N3/c1-2-4-9-8(3-1)10-5-11-6-13(10)7-12-9/h1-4,6-7H. The third kappa shape index (κ3) is 0.839. The molecular formula is C10H6N3. The van der Waals surface area contributed by atoms with Gasteiger partial charge in [-0.1, -0.05) is 18.2 Å². The summed E-state index contributed by atoms with van der Waals surface area (Å²) in [6.45, 7) is 0. The Morgan fingerprint density at radius 2 is 2.08 bits per heavy atom. The third-order valence-electron chi connectivity index (χ3n) is 2.09. The lowest BCUT2D eigenvalue weighted by molar-refractivity contribution is 1.10. The molecule has 0 aliphatic heterocycles. The van der Waals surface area contributed by atoms with Crippen LogP contribution in [0, 0.1) is 6.20 Å². The van der Waals surface area contributed by atoms with Crippen molar-refractivity contribution in [3.8, 4) is 0 Å². The van der Waals surface area contributed by atoms with E-state index in [1.807, 2.05) is 28.7 Å². The average molecular weight is 168 g/mol. The average Bonchev–Trinajstić information content (AvgIpc) is 2.65. The summed E-state index contributed by atoms with van der Waals surface area (Å²) >= 11 is 0. The van der Waals surface area contributed by atoms with Crippen molar-refractivity contribution >= 4 is 16.4 Å². The number of para-hydroxylation sites is 1. The van der Waals surface area contributed by atoms with Crippen LogP contribution >= 0.6 is 0 Å². The summed E-state index contributed by atoms with van der Waals surface area (Å²) in [4.78, 5) is 8.23. The first-order chi connectivity index (χ1) is 6.45. The summed E-state index contributed by atoms with van der Waals surface area (Å²) in [5, 5.41) is 1.09. The SMILES string of the molecule is [c]1ncn2cnc3ccccc3c12. The number of hydrogen-bond acceptors (Lipinski definition) is 2. The summed E-state index contributed by atoms with van der Waals surface area (Å²) in [5.74, 6) is 0. The van der Waals surface area contributed by atoms with Gasteiger partial charge in [-0.25, -0.2) is 9.97 Å². The van der Waals surface area contributed by atoms with Crippen LogP contribution in [0.15, 0.2) is 36.9 Å². The molecule has 3 heteroatoms. The largest absolute Gasteiger partial charge is 0.288 e. The van der Waals surface area contributed by atoms with Crippen LogP contribution in [0.5, 0.6) is 0 Å². The Kier molecular flexibility index (Phi) is 1.16. The molecule has 0 atom stereocenters. The van der Waals surface area contributed by atoms with Crippen LogP contribution in [0.25, 0.3) is 16.4 Å². The van der Waals surface area contributed by atoms with Crippen LogP contribution in [0.2, 0.25) is 0 Å². The van der Waals surface area contributed by atoms with Crippen LogP contribution in [-0.4, -0.2) is 14.4 Å². The highest BCUT2D eigenvalue weighted by Gasteiger charge is 1.99. The summed E-state index contributed by atoms with van der Waals surface area (Å²) in [6.07, 6.45) is 6.39. The van der Waals surface area contributed by atoms with Crippen LogP contribution in [0.4, 0.5) is 0 Å². The topological polar surface area (TPSA) is 30.2 Å². The van der Waals surface area contributed by atoms with Gasteiger partial charge >= 0.3 is 0 Å². The molecule has 0 saturated heterocycles. The number of hydrogen-bond donors (Lipinski definition) is 0. The summed E-state index contributed by atoms with van der Waals surface area (Å²) in [7, 11) is 0. The van der Waals surface area contributed by atoms with Gasteiger partial charge in [-0.15, -0.1) is 0 Å². The van der Waals surface area contributed by atoms with Gasteiger partial charge in [0.25, 0.3) is 0 Å². The van der Waals surface area contributed by atoms with Gasteiger partial charge in [-0.3, -0.25) is 4.40 Å². The van der Waals surface area contributed by atoms with Gasteiger partial charge in [-0.05, 0) is 6.07 Å². The van der Waals surface area contributed by atoms with E-state index in [9.17, 15) is 0 Å². The highest BCUT2D eigenvalue weighted by Crippen LogP contribution is 2.15. The Morgan fingerprint density at radius 1 is 1.15 bits per heavy atom. The fourth-order valence-corrected chi connectivity index (χ4v) is 1.47. The predicted octanol–water partition coefficient (Wildman–Crippen LogP) is 1.68. The van der Waals surface area contributed by atoms with E-state index in [0.717, 1.165) is 16.4 Å². The molecule has 0 amide bonds. The van der Waals surface area contributed by atoms with E-state index in [-0.39, 0.29) is 0 Å². The minimum atomic E-state index is 0.977. The number of imidazole rings is 1. The van der Waals surface area contributed by atoms with E-state index < -0.39 is 0 Å². The monoisotopic (exact) mass is 168 g/mol. The van der Waals surface area contributed by atoms with E-state index in [1.165, 1.54) is 0 Å². The zero-order valence-corrected chi connectivity index (χ0v) is 6.81. The molecule has 3 aromatic rings. The van der Waals surface area contributed by atoms with E-state index in [4.69, 9.17) is 0 Å². The molecule has 0 bridgehead atoms. The molecule has 0 spiro atoms. The molecule has 0 fully saturated rings. The molecular weight excluding hydrogens is 162 g/mol. The molecule has 0 saturated carbocycles. The highest BCUT2D eigenvalue weighted by molar-refractivity contribution is 5.92. The Morgan fingerprint density at radius 3 is 3.08 bits per heavy atom. The van der Waals surface area contributed by atoms with E-state index >= 15 is 0 Å². The molecule has 0 unspecified atom stereocenters. The number of nitrogens with zero attached hydrogens (tertiary/aromatic N) is 3. The van der Waals surface area contributed by atoms with Crippen molar-refractivity contribution in [2.24, 2.45) is 0 Å². The molecule has 3 nitrogen and oxygen atoms in total. The van der Waals surface area contributed by atoms with Crippen molar-refractivity contribution < 1.29 is 0 Å². The van der Waals surface area contributed by atoms with E-state index in [1.54, 1.807) is 12.7 Å². The number of aromatic nitrogens is 3. The van der Waals surface area contributed by atoms with Crippen molar-refractivity contribution in [1.82, 2.24) is 14.4 Å². The second-order valence-electron chi connectivity index (χ2n) is 2.87. The fraction of sp³-hybridized carbons (Fsp3) is 0. The first-order valence-electron chi connectivity index (χ1n) is 4.03. The summed E-state index contributed by atoms with van der Waals surface area (Å²) in [6, 6.07) is 7.97. The molecule has 13 heavy (non-hydrogen) atoms. The molecule has 1 aromatic carbocycles. The lowest BCUT2D eigenvalue weighted by Gasteiger charge is -1.97. The maximum absolute atomic E-state index is 4.28. The van der Waals surface area contributed by atoms with Gasteiger partial charge in [0.1, 0.15) is 18.9 Å². The first kappa shape index (κ1) is 6.60. The van der Waals surface area contributed by atoms with E-state index in [2.05, 4.69) is 16.2 Å². The zero-order valence-electron chi connectivity index (χ0n) is 6.81. The third-order valence-corrected chi connectivity index (χ3v) is 2.09. The second kappa shape index (κ2) is 2.29. The van der Waals surface area contributed by atoms with Crippen molar-refractivity contribution in [2.75, 3.05) is 0 Å². The van der Waals surface area contributed by atoms with Gasteiger partial charge in [0.05, 0.1) is 11.0 Å². The predicted molar refractivity (Wildman–Crippen MR) is 49.3 cm³/mol. The van der Waals surface area contributed by atoms with Gasteiger partial charge in [0.2, 0.25) is 0 Å². The smallest absolute Gasteiger partial charge is 0.117 e. The molecule has 61 valence electrons. The lowest BCUT2D eigenvalue weighted by Crippen LogP contribution is -1.86. The molecule has 2 aromatic heterocycles. The molecule has 0 N–H and O–H groups in total. The normalized spacial score (nSPS) is 11.1. The first-order valence-corrected chi connectivity index (χ1v) is 4.03. The van der Waals surface area contributed by atoms with Crippen LogP contribution in [0.1, 0.15) is 0 Å². The maximum atomic E-state index is 4.28. The number of benzene rings is 1. The van der Waals surface area contributed by atoms with Crippen LogP contribution in [0.3, 0.4) is 0 Å². The summed E-state index contributed by atoms with van der Waals surface area (Å²) < 4.78 is 1.86. The quantitative estimate of drug-likeness (QED) is 0.511. The zero-order chi connectivity index (χ0) is 8.67. The van der Waals surface area contributed by atoms with Gasteiger partial charge in [0, 0.05) is 5.39 Å². The number of fused-ring (bicyclic) bond motifs is 3. The van der Waals surface area contributed by atoms with E-state index in [0.29, 0.717) is 0 Å². The Hall–Kier alpha value is -1.90. The van der Waals surface area contributed by atoms with Crippen molar-refractivity contribution in [3.05, 3.63) is 43.1 Å². The molecule has 1 radical (unpaired) electrons. The molecule has 0 aliphatic carbocycles. The molecule has 3 rings (SSSR count). The van der Waals surface area contributed by atoms with Gasteiger partial charge in [-0.2, -0.15) is 0 Å². The minimum absolute atomic E-state index is 0.977. The Bertz CT molecular complexity index is 568. The summed E-state index contributed by atoms with van der Waals surface area (Å²) in [5.41, 5.74) is 1.96. The Balaban J connectivity index is 2.65. The van der Waals surface area contributed by atoms with Crippen molar-refractivity contribution in [3.63, 3.8) is 0 Å². The highest BCUT2D eigenvalue weighted by atomic mass is 15.0. The Labute approximate surface area is 74.7 Å². The number of rotatable bonds is 0. The second-order valence-corrected chi connectivity index (χ2v) is 2.87. The van der Waals surface area contributed by atoms with Gasteiger partial charge < -0.3 is 0 Å². The maximum Gasteiger partial charge on any atom is 0.117 e. The van der Waals surface area contributed by atoms with Crippen molar-refractivity contribution in [1.29, 1.82) is 0 Å². The van der Waals surface area contributed by atoms with Crippen molar-refractivity contribution in [2.45, 2.75) is 0 Å². The fourth-order valence-electron chi connectivity index (χ4n) is 1.47. The van der Waals surface area contributed by atoms with Crippen LogP contribution in [-0.2, 0) is 0 Å².